The number of anilines is 1. The number of halogens is 3. The number of Topliss-reactive ketones (excluding diaryl/α,β-unsaturated/α-hetero) is 1. The summed E-state index contributed by atoms with van der Waals surface area (Å²) in [7, 11) is -3.32. The van der Waals surface area contributed by atoms with Crippen LogP contribution in [-0.2, 0) is 32.6 Å². The van der Waals surface area contributed by atoms with E-state index in [1.807, 2.05) is 0 Å². The third kappa shape index (κ3) is 6.17. The Hall–Kier alpha value is -3.53. The number of pyridine rings is 1. The number of ketones is 1. The molecule has 0 radical (unpaired) electrons. The first-order valence-corrected chi connectivity index (χ1v) is 12.7. The molecule has 36 heavy (non-hydrogen) atoms. The van der Waals surface area contributed by atoms with Crippen LogP contribution < -0.4 is 5.32 Å². The number of rotatable bonds is 8. The van der Waals surface area contributed by atoms with Crippen LogP contribution in [0, 0.1) is 0 Å². The van der Waals surface area contributed by atoms with Crippen LogP contribution in [0.1, 0.15) is 48.0 Å². The van der Waals surface area contributed by atoms with E-state index in [4.69, 9.17) is 0 Å². The van der Waals surface area contributed by atoms with E-state index in [0.29, 0.717) is 16.8 Å². The molecule has 1 aromatic heterocycles. The minimum atomic E-state index is -4.46. The van der Waals surface area contributed by atoms with Crippen molar-refractivity contribution in [3.05, 3.63) is 89.2 Å². The summed E-state index contributed by atoms with van der Waals surface area (Å²) in [5, 5.41) is 2.67. The number of nitrogens with zero attached hydrogens (tertiary/aromatic N) is 1. The first-order chi connectivity index (χ1) is 16.7. The lowest BCUT2D eigenvalue weighted by atomic mass is 9.79. The average molecular weight is 519 g/mol. The summed E-state index contributed by atoms with van der Waals surface area (Å²) in [5.74, 6) is -0.755. The highest BCUT2D eigenvalue weighted by Gasteiger charge is 2.34. The van der Waals surface area contributed by atoms with Gasteiger partial charge in [-0.2, -0.15) is 13.2 Å². The normalized spacial score (nSPS) is 12.3. The molecule has 0 bridgehead atoms. The monoisotopic (exact) mass is 518 g/mol. The van der Waals surface area contributed by atoms with Crippen LogP contribution in [0.15, 0.2) is 71.8 Å². The molecule has 0 unspecified atom stereocenters. The predicted octanol–water partition coefficient (Wildman–Crippen LogP) is 5.24. The number of nitrogens with one attached hydrogen (secondary N) is 1. The van der Waals surface area contributed by atoms with Gasteiger partial charge in [-0.1, -0.05) is 31.2 Å². The summed E-state index contributed by atoms with van der Waals surface area (Å²) in [5.41, 5.74) is -0.424. The zero-order valence-electron chi connectivity index (χ0n) is 19.9. The Morgan fingerprint density at radius 2 is 1.47 bits per heavy atom. The minimum absolute atomic E-state index is 0.00802. The molecule has 0 aliphatic carbocycles. The van der Waals surface area contributed by atoms with Gasteiger partial charge in [0, 0.05) is 0 Å². The van der Waals surface area contributed by atoms with Crippen molar-refractivity contribution in [2.24, 2.45) is 0 Å². The zero-order chi connectivity index (χ0) is 26.7. The van der Waals surface area contributed by atoms with Crippen LogP contribution in [0.25, 0.3) is 0 Å². The highest BCUT2D eigenvalue weighted by atomic mass is 32.2. The molecule has 0 aliphatic heterocycles. The lowest BCUT2D eigenvalue weighted by Gasteiger charge is -2.24. The van der Waals surface area contributed by atoms with E-state index in [-0.39, 0.29) is 34.5 Å². The fourth-order valence-corrected chi connectivity index (χ4v) is 4.39. The number of hydrogen-bond acceptors (Lipinski definition) is 5. The standard InChI is InChI=1S/C26H25F3N2O4S/c1-4-36(34,35)21-12-5-17(6-13-21)15-23(32)31-20-11-14-22(30-16-20)24(33)25(2,3)18-7-9-19(10-8-18)26(27,28)29/h5-14,16H,4,15H2,1-3H3,(H,31,32). The number of alkyl halides is 3. The molecule has 190 valence electrons. The summed E-state index contributed by atoms with van der Waals surface area (Å²) in [6.45, 7) is 4.76. The molecule has 3 rings (SSSR count). The minimum Gasteiger partial charge on any atom is -0.324 e. The van der Waals surface area contributed by atoms with Gasteiger partial charge in [0.1, 0.15) is 5.69 Å². The van der Waals surface area contributed by atoms with Crippen LogP contribution in [0.4, 0.5) is 18.9 Å². The Morgan fingerprint density at radius 1 is 0.889 bits per heavy atom. The maximum Gasteiger partial charge on any atom is 0.416 e. The number of sulfone groups is 1. The van der Waals surface area contributed by atoms with E-state index in [1.165, 1.54) is 42.6 Å². The number of benzene rings is 2. The van der Waals surface area contributed by atoms with E-state index in [9.17, 15) is 31.2 Å². The van der Waals surface area contributed by atoms with Crippen molar-refractivity contribution in [1.82, 2.24) is 4.98 Å². The number of amides is 1. The summed E-state index contributed by atoms with van der Waals surface area (Å²) < 4.78 is 62.3. The molecule has 3 aromatic rings. The number of hydrogen-bond donors (Lipinski definition) is 1. The smallest absolute Gasteiger partial charge is 0.324 e. The zero-order valence-corrected chi connectivity index (χ0v) is 20.7. The highest BCUT2D eigenvalue weighted by Crippen LogP contribution is 2.33. The first-order valence-electron chi connectivity index (χ1n) is 11.0. The van der Waals surface area contributed by atoms with Gasteiger partial charge in [0.25, 0.3) is 0 Å². The maximum absolute atomic E-state index is 13.0. The maximum atomic E-state index is 13.0. The van der Waals surface area contributed by atoms with Crippen molar-refractivity contribution in [2.45, 2.75) is 43.7 Å². The van der Waals surface area contributed by atoms with Crippen molar-refractivity contribution >= 4 is 27.2 Å². The highest BCUT2D eigenvalue weighted by molar-refractivity contribution is 7.91. The van der Waals surface area contributed by atoms with Crippen molar-refractivity contribution in [1.29, 1.82) is 0 Å². The molecule has 2 aromatic carbocycles. The molecule has 0 saturated heterocycles. The van der Waals surface area contributed by atoms with Crippen molar-refractivity contribution in [3.8, 4) is 0 Å². The Morgan fingerprint density at radius 3 is 1.97 bits per heavy atom. The van der Waals surface area contributed by atoms with Crippen molar-refractivity contribution < 1.29 is 31.2 Å². The van der Waals surface area contributed by atoms with Gasteiger partial charge in [-0.15, -0.1) is 0 Å². The third-order valence-electron chi connectivity index (χ3n) is 5.81. The molecule has 0 fully saturated rings. The molecule has 1 amide bonds. The lowest BCUT2D eigenvalue weighted by molar-refractivity contribution is -0.137. The number of carbonyl (C=O) groups is 2. The lowest BCUT2D eigenvalue weighted by Crippen LogP contribution is -2.30. The number of aromatic nitrogens is 1. The van der Waals surface area contributed by atoms with Crippen LogP contribution in [0.2, 0.25) is 0 Å². The van der Waals surface area contributed by atoms with Gasteiger partial charge in [0.2, 0.25) is 5.91 Å². The van der Waals surface area contributed by atoms with E-state index in [0.717, 1.165) is 12.1 Å². The van der Waals surface area contributed by atoms with Gasteiger partial charge < -0.3 is 5.32 Å². The van der Waals surface area contributed by atoms with Crippen LogP contribution >= 0.6 is 0 Å². The molecule has 6 nitrogen and oxygen atoms in total. The number of carbonyl (C=O) groups excluding carboxylic acids is 2. The van der Waals surface area contributed by atoms with Gasteiger partial charge in [0.05, 0.1) is 39.9 Å². The molecule has 0 atom stereocenters. The average Bonchev–Trinajstić information content (AvgIpc) is 2.84. The Kier molecular flexibility index (Phi) is 7.68. The van der Waals surface area contributed by atoms with Gasteiger partial charge in [0.15, 0.2) is 15.6 Å². The second-order valence-corrected chi connectivity index (χ2v) is 11.0. The Labute approximate surface area is 207 Å². The molecule has 1 heterocycles. The second kappa shape index (κ2) is 10.2. The molecule has 0 saturated carbocycles. The van der Waals surface area contributed by atoms with Crippen LogP contribution in [0.5, 0.6) is 0 Å². The topological polar surface area (TPSA) is 93.2 Å². The van der Waals surface area contributed by atoms with Crippen LogP contribution in [-0.4, -0.2) is 30.8 Å². The SMILES string of the molecule is CCS(=O)(=O)c1ccc(CC(=O)Nc2ccc(C(=O)C(C)(C)c3ccc(C(F)(F)F)cc3)nc2)cc1. The van der Waals surface area contributed by atoms with E-state index in [1.54, 1.807) is 32.9 Å². The summed E-state index contributed by atoms with van der Waals surface area (Å²) in [6.07, 6.45) is -3.13. The van der Waals surface area contributed by atoms with E-state index >= 15 is 0 Å². The summed E-state index contributed by atoms with van der Waals surface area (Å²) >= 11 is 0. The summed E-state index contributed by atoms with van der Waals surface area (Å²) in [4.78, 5) is 29.7. The molecule has 1 N–H and O–H groups in total. The van der Waals surface area contributed by atoms with Gasteiger partial charge in [-0.05, 0) is 61.4 Å². The first kappa shape index (κ1) is 27.1. The molecular formula is C26H25F3N2O4S. The van der Waals surface area contributed by atoms with Gasteiger partial charge in [-0.3, -0.25) is 14.6 Å². The molecule has 0 spiro atoms. The van der Waals surface area contributed by atoms with Gasteiger partial charge in [-0.25, -0.2) is 8.42 Å². The Bertz CT molecular complexity index is 1350. The molecule has 0 aliphatic rings. The summed E-state index contributed by atoms with van der Waals surface area (Å²) in [6, 6.07) is 13.4. The second-order valence-electron chi connectivity index (χ2n) is 8.73. The van der Waals surface area contributed by atoms with E-state index in [2.05, 4.69) is 10.3 Å². The fraction of sp³-hybridized carbons (Fsp3) is 0.269. The quantitative estimate of drug-likeness (QED) is 0.412. The molecular weight excluding hydrogens is 493 g/mol. The third-order valence-corrected chi connectivity index (χ3v) is 7.56. The van der Waals surface area contributed by atoms with E-state index < -0.39 is 27.0 Å². The fourth-order valence-electron chi connectivity index (χ4n) is 3.50. The predicted molar refractivity (Wildman–Crippen MR) is 130 cm³/mol. The van der Waals surface area contributed by atoms with Crippen molar-refractivity contribution in [2.75, 3.05) is 11.1 Å². The Balaban J connectivity index is 1.65. The van der Waals surface area contributed by atoms with Crippen LogP contribution in [0.3, 0.4) is 0 Å². The van der Waals surface area contributed by atoms with Gasteiger partial charge >= 0.3 is 6.18 Å². The largest absolute Gasteiger partial charge is 0.416 e. The van der Waals surface area contributed by atoms with Crippen molar-refractivity contribution in [3.63, 3.8) is 0 Å². The molecule has 10 heteroatoms.